The van der Waals surface area contributed by atoms with Crippen LogP contribution in [0.25, 0.3) is 0 Å². The lowest BCUT2D eigenvalue weighted by Crippen LogP contribution is -2.24. The Hall–Kier alpha value is -2.44. The Balaban J connectivity index is 1.92. The number of non-ortho nitro benzene ring substituents is 1. The van der Waals surface area contributed by atoms with Crippen LogP contribution in [-0.4, -0.2) is 22.4 Å². The van der Waals surface area contributed by atoms with Crippen molar-refractivity contribution in [3.05, 3.63) is 34.4 Å². The van der Waals surface area contributed by atoms with Crippen molar-refractivity contribution in [2.75, 3.05) is 5.32 Å². The third-order valence-corrected chi connectivity index (χ3v) is 3.88. The number of benzene rings is 1. The zero-order valence-electron chi connectivity index (χ0n) is 13.4. The maximum atomic E-state index is 12.2. The Morgan fingerprint density at radius 2 is 2.04 bits per heavy atom. The number of nitrogens with zero attached hydrogens (tertiary/aromatic N) is 1. The average Bonchev–Trinajstić information content (AvgIpc) is 2.71. The lowest BCUT2D eigenvalue weighted by atomic mass is 9.89. The molecule has 1 N–H and O–H groups in total. The molecule has 0 aromatic heterocycles. The molecule has 2 atom stereocenters. The predicted molar refractivity (Wildman–Crippen MR) is 83.8 cm³/mol. The van der Waals surface area contributed by atoms with Crippen molar-refractivity contribution in [3.63, 3.8) is 0 Å². The Kier molecular flexibility index (Phi) is 4.68. The number of cyclic esters (lactones) is 1. The molecule has 0 saturated carbocycles. The van der Waals surface area contributed by atoms with Crippen molar-refractivity contribution in [3.8, 4) is 0 Å². The number of hydrogen-bond donors (Lipinski definition) is 1. The third kappa shape index (κ3) is 4.28. The number of carbonyl (C=O) groups is 2. The minimum absolute atomic E-state index is 0.0352. The molecule has 1 amide bonds. The lowest BCUT2D eigenvalue weighted by Gasteiger charge is -2.16. The highest BCUT2D eigenvalue weighted by Crippen LogP contribution is 2.34. The SMILES string of the molecule is CC(CC1CC(C)(C)OC1=O)C(=O)Nc1ccc([N+](=O)[O-])cc1. The van der Waals surface area contributed by atoms with E-state index >= 15 is 0 Å². The summed E-state index contributed by atoms with van der Waals surface area (Å²) < 4.78 is 5.26. The van der Waals surface area contributed by atoms with E-state index in [9.17, 15) is 19.7 Å². The van der Waals surface area contributed by atoms with E-state index < -0.39 is 10.5 Å². The molecule has 2 rings (SSSR count). The monoisotopic (exact) mass is 320 g/mol. The predicted octanol–water partition coefficient (Wildman–Crippen LogP) is 2.90. The zero-order chi connectivity index (χ0) is 17.2. The van der Waals surface area contributed by atoms with Crippen LogP contribution in [-0.2, 0) is 14.3 Å². The Bertz CT molecular complexity index is 624. The number of nitrogens with one attached hydrogen (secondary N) is 1. The van der Waals surface area contributed by atoms with Crippen LogP contribution in [0.3, 0.4) is 0 Å². The number of esters is 1. The van der Waals surface area contributed by atoms with Crippen LogP contribution >= 0.6 is 0 Å². The maximum absolute atomic E-state index is 12.2. The first-order valence-corrected chi connectivity index (χ1v) is 7.46. The molecule has 2 unspecified atom stereocenters. The van der Waals surface area contributed by atoms with Gasteiger partial charge >= 0.3 is 5.97 Å². The zero-order valence-corrected chi connectivity index (χ0v) is 13.4. The fourth-order valence-corrected chi connectivity index (χ4v) is 2.72. The molecule has 1 aliphatic heterocycles. The molecule has 1 saturated heterocycles. The number of carbonyl (C=O) groups excluding carboxylic acids is 2. The second-order valence-electron chi connectivity index (χ2n) is 6.51. The van der Waals surface area contributed by atoms with E-state index in [-0.39, 0.29) is 29.4 Å². The molecule has 1 fully saturated rings. The van der Waals surface area contributed by atoms with Gasteiger partial charge in [0.1, 0.15) is 5.60 Å². The quantitative estimate of drug-likeness (QED) is 0.511. The highest BCUT2D eigenvalue weighted by atomic mass is 16.6. The van der Waals surface area contributed by atoms with Crippen LogP contribution in [0, 0.1) is 22.0 Å². The van der Waals surface area contributed by atoms with Crippen LogP contribution in [0.1, 0.15) is 33.6 Å². The molecule has 23 heavy (non-hydrogen) atoms. The molecule has 7 nitrogen and oxygen atoms in total. The number of anilines is 1. The molecule has 0 radical (unpaired) electrons. The molecule has 0 bridgehead atoms. The fourth-order valence-electron chi connectivity index (χ4n) is 2.72. The second kappa shape index (κ2) is 6.36. The summed E-state index contributed by atoms with van der Waals surface area (Å²) in [7, 11) is 0. The van der Waals surface area contributed by atoms with Crippen molar-refractivity contribution in [1.29, 1.82) is 0 Å². The fraction of sp³-hybridized carbons (Fsp3) is 0.500. The van der Waals surface area contributed by atoms with Crippen molar-refractivity contribution in [2.45, 2.75) is 39.2 Å². The molecule has 1 aromatic rings. The highest BCUT2D eigenvalue weighted by molar-refractivity contribution is 5.92. The van der Waals surface area contributed by atoms with Gasteiger partial charge in [0.15, 0.2) is 0 Å². The van der Waals surface area contributed by atoms with E-state index in [4.69, 9.17) is 4.74 Å². The molecule has 0 spiro atoms. The summed E-state index contributed by atoms with van der Waals surface area (Å²) >= 11 is 0. The largest absolute Gasteiger partial charge is 0.459 e. The first kappa shape index (κ1) is 16.9. The van der Waals surface area contributed by atoms with Crippen LogP contribution < -0.4 is 5.32 Å². The second-order valence-corrected chi connectivity index (χ2v) is 6.51. The van der Waals surface area contributed by atoms with Crippen molar-refractivity contribution in [1.82, 2.24) is 0 Å². The normalized spacial score (nSPS) is 20.7. The standard InChI is InChI=1S/C16H20N2O5/c1-10(8-11-9-16(2,3)23-15(11)20)14(19)17-12-4-6-13(7-5-12)18(21)22/h4-7,10-11H,8-9H2,1-3H3,(H,17,19). The molecule has 7 heteroatoms. The van der Waals surface area contributed by atoms with Gasteiger partial charge in [-0.05, 0) is 38.8 Å². The molecular weight excluding hydrogens is 300 g/mol. The van der Waals surface area contributed by atoms with Gasteiger partial charge in [0.25, 0.3) is 5.69 Å². The summed E-state index contributed by atoms with van der Waals surface area (Å²) in [5.41, 5.74) is -0.0233. The first-order valence-electron chi connectivity index (χ1n) is 7.46. The molecule has 0 aliphatic carbocycles. The minimum Gasteiger partial charge on any atom is -0.459 e. The van der Waals surface area contributed by atoms with Crippen LogP contribution in [0.5, 0.6) is 0 Å². The molecule has 124 valence electrons. The summed E-state index contributed by atoms with van der Waals surface area (Å²) in [6.07, 6.45) is 1.02. The number of amides is 1. The summed E-state index contributed by atoms with van der Waals surface area (Å²) in [5, 5.41) is 13.3. The number of rotatable bonds is 5. The van der Waals surface area contributed by atoms with Gasteiger partial charge in [0.2, 0.25) is 5.91 Å². The van der Waals surface area contributed by atoms with Crippen LogP contribution in [0.15, 0.2) is 24.3 Å². The van der Waals surface area contributed by atoms with E-state index in [1.165, 1.54) is 24.3 Å². The number of nitro groups is 1. The molecule has 1 aromatic carbocycles. The van der Waals surface area contributed by atoms with Crippen molar-refractivity contribution >= 4 is 23.3 Å². The van der Waals surface area contributed by atoms with Crippen LogP contribution in [0.4, 0.5) is 11.4 Å². The minimum atomic E-state index is -0.498. The summed E-state index contributed by atoms with van der Waals surface area (Å²) in [6.45, 7) is 5.46. The number of ether oxygens (including phenoxy) is 1. The van der Waals surface area contributed by atoms with Gasteiger partial charge in [-0.3, -0.25) is 19.7 Å². The first-order chi connectivity index (χ1) is 10.7. The Morgan fingerprint density at radius 1 is 1.43 bits per heavy atom. The number of hydrogen-bond acceptors (Lipinski definition) is 5. The van der Waals surface area contributed by atoms with Gasteiger partial charge in [-0.25, -0.2) is 0 Å². The molecular formula is C16H20N2O5. The van der Waals surface area contributed by atoms with Gasteiger partial charge < -0.3 is 10.1 Å². The van der Waals surface area contributed by atoms with E-state index in [1.807, 2.05) is 13.8 Å². The Morgan fingerprint density at radius 3 is 2.52 bits per heavy atom. The summed E-state index contributed by atoms with van der Waals surface area (Å²) in [6, 6.07) is 5.62. The van der Waals surface area contributed by atoms with Gasteiger partial charge in [0.05, 0.1) is 10.8 Å². The van der Waals surface area contributed by atoms with E-state index in [0.717, 1.165) is 0 Å². The van der Waals surface area contributed by atoms with E-state index in [2.05, 4.69) is 5.32 Å². The van der Waals surface area contributed by atoms with Crippen molar-refractivity contribution in [2.24, 2.45) is 11.8 Å². The smallest absolute Gasteiger partial charge is 0.309 e. The Labute approximate surface area is 134 Å². The van der Waals surface area contributed by atoms with Crippen molar-refractivity contribution < 1.29 is 19.2 Å². The topological polar surface area (TPSA) is 98.5 Å². The maximum Gasteiger partial charge on any atom is 0.309 e. The van der Waals surface area contributed by atoms with Gasteiger partial charge in [-0.1, -0.05) is 6.92 Å². The van der Waals surface area contributed by atoms with Gasteiger partial charge in [0, 0.05) is 23.7 Å². The lowest BCUT2D eigenvalue weighted by molar-refractivity contribution is -0.384. The molecule has 1 aliphatic rings. The van der Waals surface area contributed by atoms with E-state index in [0.29, 0.717) is 18.5 Å². The summed E-state index contributed by atoms with van der Waals surface area (Å²) in [5.74, 6) is -1.12. The molecule has 1 heterocycles. The summed E-state index contributed by atoms with van der Waals surface area (Å²) in [4.78, 5) is 34.1. The van der Waals surface area contributed by atoms with E-state index in [1.54, 1.807) is 6.92 Å². The average molecular weight is 320 g/mol. The van der Waals surface area contributed by atoms with Crippen LogP contribution in [0.2, 0.25) is 0 Å². The third-order valence-electron chi connectivity index (χ3n) is 3.88. The highest BCUT2D eigenvalue weighted by Gasteiger charge is 2.41. The number of nitro benzene ring substituents is 1. The van der Waals surface area contributed by atoms with Gasteiger partial charge in [-0.15, -0.1) is 0 Å². The van der Waals surface area contributed by atoms with Gasteiger partial charge in [-0.2, -0.15) is 0 Å².